The van der Waals surface area contributed by atoms with Crippen LogP contribution in [0.15, 0.2) is 23.1 Å². The van der Waals surface area contributed by atoms with Crippen molar-refractivity contribution in [2.24, 2.45) is 11.8 Å². The molecule has 0 aliphatic carbocycles. The summed E-state index contributed by atoms with van der Waals surface area (Å²) in [6, 6.07) is 3.84. The number of piperidine rings is 1. The zero-order chi connectivity index (χ0) is 26.5. The van der Waals surface area contributed by atoms with Crippen molar-refractivity contribution in [2.45, 2.75) is 32.7 Å². The number of fused-ring (bicyclic) bond motifs is 3. The lowest BCUT2D eigenvalue weighted by Crippen LogP contribution is -2.39. The zero-order valence-corrected chi connectivity index (χ0v) is 21.9. The molecule has 10 heteroatoms. The number of hydrogen-bond donors (Lipinski definition) is 2. The molecule has 10 nitrogen and oxygen atoms in total. The lowest BCUT2D eigenvalue weighted by Gasteiger charge is -2.31. The first-order valence-electron chi connectivity index (χ1n) is 12.9. The van der Waals surface area contributed by atoms with Crippen LogP contribution in [0.2, 0.25) is 0 Å². The SMILES string of the molecule is COCC=O.Cc1cc2[nH]c(=O)c3cnn(CC4CCN(C)C4)c3c2cc1C(=O)N1CCC(CO)CC1. The maximum absolute atomic E-state index is 13.4. The summed E-state index contributed by atoms with van der Waals surface area (Å²) in [7, 11) is 3.61. The summed E-state index contributed by atoms with van der Waals surface area (Å²) in [5.74, 6) is 0.797. The number of aromatic nitrogens is 3. The number of amides is 1. The Hall–Kier alpha value is -3.08. The molecule has 2 N–H and O–H groups in total. The lowest BCUT2D eigenvalue weighted by atomic mass is 9.96. The van der Waals surface area contributed by atoms with Crippen molar-refractivity contribution in [1.29, 1.82) is 0 Å². The lowest BCUT2D eigenvalue weighted by molar-refractivity contribution is -0.110. The van der Waals surface area contributed by atoms with Crippen molar-refractivity contribution < 1.29 is 19.4 Å². The molecule has 2 aliphatic rings. The van der Waals surface area contributed by atoms with E-state index in [0.29, 0.717) is 36.2 Å². The van der Waals surface area contributed by atoms with Gasteiger partial charge in [-0.15, -0.1) is 0 Å². The maximum Gasteiger partial charge on any atom is 0.259 e. The molecule has 2 saturated heterocycles. The molecule has 2 aliphatic heterocycles. The Morgan fingerprint density at radius 1 is 1.19 bits per heavy atom. The maximum atomic E-state index is 13.4. The van der Waals surface area contributed by atoms with Crippen molar-refractivity contribution in [3.63, 3.8) is 0 Å². The van der Waals surface area contributed by atoms with Crippen LogP contribution in [0.3, 0.4) is 0 Å². The van der Waals surface area contributed by atoms with Crippen LogP contribution in [0.25, 0.3) is 21.8 Å². The number of carbonyl (C=O) groups is 2. The van der Waals surface area contributed by atoms with Crippen LogP contribution < -0.4 is 5.56 Å². The number of H-pyrrole nitrogens is 1. The monoisotopic (exact) mass is 511 g/mol. The molecular weight excluding hydrogens is 474 g/mol. The number of aryl methyl sites for hydroxylation is 1. The fourth-order valence-corrected chi connectivity index (χ4v) is 5.38. The van der Waals surface area contributed by atoms with E-state index in [1.165, 1.54) is 7.11 Å². The van der Waals surface area contributed by atoms with Gasteiger partial charge < -0.3 is 29.4 Å². The Morgan fingerprint density at radius 3 is 2.51 bits per heavy atom. The van der Waals surface area contributed by atoms with Gasteiger partial charge in [-0.3, -0.25) is 14.3 Å². The van der Waals surface area contributed by atoms with Crippen LogP contribution in [-0.2, 0) is 16.1 Å². The van der Waals surface area contributed by atoms with Crippen molar-refractivity contribution in [1.82, 2.24) is 24.6 Å². The number of carbonyl (C=O) groups excluding carboxylic acids is 2. The number of nitrogens with one attached hydrogen (secondary N) is 1. The van der Waals surface area contributed by atoms with Gasteiger partial charge in [-0.25, -0.2) is 0 Å². The van der Waals surface area contributed by atoms with Crippen LogP contribution in [0.5, 0.6) is 0 Å². The summed E-state index contributed by atoms with van der Waals surface area (Å²) in [5, 5.41) is 15.4. The predicted molar refractivity (Wildman–Crippen MR) is 142 cm³/mol. The smallest absolute Gasteiger partial charge is 0.259 e. The molecule has 1 aromatic carbocycles. The second-order valence-electron chi connectivity index (χ2n) is 10.2. The van der Waals surface area contributed by atoms with E-state index in [-0.39, 0.29) is 30.6 Å². The molecule has 0 bridgehead atoms. The van der Waals surface area contributed by atoms with Gasteiger partial charge in [-0.2, -0.15) is 5.10 Å². The summed E-state index contributed by atoms with van der Waals surface area (Å²) in [4.78, 5) is 42.5. The van der Waals surface area contributed by atoms with Crippen LogP contribution >= 0.6 is 0 Å². The molecule has 2 fully saturated rings. The van der Waals surface area contributed by atoms with Gasteiger partial charge in [0.1, 0.15) is 12.9 Å². The molecule has 37 heavy (non-hydrogen) atoms. The number of aliphatic hydroxyl groups is 1. The average molecular weight is 512 g/mol. The van der Waals surface area contributed by atoms with E-state index in [1.807, 2.05) is 28.6 Å². The number of rotatable bonds is 6. The minimum atomic E-state index is -0.146. The average Bonchev–Trinajstić information content (AvgIpc) is 3.51. The normalized spacial score (nSPS) is 18.8. The van der Waals surface area contributed by atoms with Gasteiger partial charge in [0, 0.05) is 50.8 Å². The third-order valence-corrected chi connectivity index (χ3v) is 7.50. The number of ether oxygens (including phenoxy) is 1. The zero-order valence-electron chi connectivity index (χ0n) is 21.9. The highest BCUT2D eigenvalue weighted by molar-refractivity contribution is 6.07. The van der Waals surface area contributed by atoms with Crippen LogP contribution in [0.4, 0.5) is 0 Å². The molecule has 1 atom stereocenters. The molecule has 0 saturated carbocycles. The topological polar surface area (TPSA) is 121 Å². The van der Waals surface area contributed by atoms with E-state index >= 15 is 0 Å². The van der Waals surface area contributed by atoms with Crippen molar-refractivity contribution >= 4 is 34.0 Å². The van der Waals surface area contributed by atoms with E-state index in [4.69, 9.17) is 0 Å². The highest BCUT2D eigenvalue weighted by Crippen LogP contribution is 2.28. The van der Waals surface area contributed by atoms with Gasteiger partial charge in [0.25, 0.3) is 11.5 Å². The molecule has 1 amide bonds. The van der Waals surface area contributed by atoms with Crippen LogP contribution in [-0.4, -0.2) is 95.4 Å². The number of pyridine rings is 1. The standard InChI is InChI=1S/C24H31N5O3.C3H6O2/c1-15-9-21-19(10-18(15)24(32)28-7-4-16(14-30)5-8-28)22-20(23(31)26-21)11-25-29(22)13-17-3-6-27(2)12-17;1-5-3-2-4/h9-11,16-17,30H,3-8,12-14H2,1-2H3,(H,26,31);2H,3H2,1H3. The first kappa shape index (κ1) is 27.0. The van der Waals surface area contributed by atoms with Crippen LogP contribution in [0.1, 0.15) is 35.2 Å². The summed E-state index contributed by atoms with van der Waals surface area (Å²) < 4.78 is 6.27. The molecule has 1 unspecified atom stereocenters. The predicted octanol–water partition coefficient (Wildman–Crippen LogP) is 1.81. The first-order valence-corrected chi connectivity index (χ1v) is 12.9. The Labute approximate surface area is 216 Å². The Balaban J connectivity index is 0.000000586. The third-order valence-electron chi connectivity index (χ3n) is 7.50. The number of nitrogens with zero attached hydrogens (tertiary/aromatic N) is 4. The second-order valence-corrected chi connectivity index (χ2v) is 10.2. The summed E-state index contributed by atoms with van der Waals surface area (Å²) >= 11 is 0. The number of hydrogen-bond acceptors (Lipinski definition) is 7. The molecule has 0 spiro atoms. The number of aliphatic hydroxyl groups excluding tert-OH is 1. The minimum absolute atomic E-state index is 0.0172. The van der Waals surface area contributed by atoms with Gasteiger partial charge in [-0.1, -0.05) is 0 Å². The Bertz CT molecular complexity index is 1310. The fraction of sp³-hybridized carbons (Fsp3) is 0.556. The highest BCUT2D eigenvalue weighted by atomic mass is 16.5. The summed E-state index contributed by atoms with van der Waals surface area (Å²) in [6.07, 6.45) is 5.13. The molecule has 4 heterocycles. The van der Waals surface area contributed by atoms with E-state index in [0.717, 1.165) is 60.9 Å². The van der Waals surface area contributed by atoms with Gasteiger partial charge >= 0.3 is 0 Å². The minimum Gasteiger partial charge on any atom is -0.396 e. The van der Waals surface area contributed by atoms with E-state index < -0.39 is 0 Å². The Morgan fingerprint density at radius 2 is 1.92 bits per heavy atom. The van der Waals surface area contributed by atoms with Crippen molar-refractivity contribution in [3.05, 3.63) is 39.8 Å². The number of benzene rings is 1. The van der Waals surface area contributed by atoms with Gasteiger partial charge in [0.15, 0.2) is 0 Å². The summed E-state index contributed by atoms with van der Waals surface area (Å²) in [5.41, 5.74) is 2.92. The quantitative estimate of drug-likeness (QED) is 0.484. The molecular formula is C27H37N5O5. The fourth-order valence-electron chi connectivity index (χ4n) is 5.38. The number of methoxy groups -OCH3 is 1. The number of aldehydes is 1. The van der Waals surface area contributed by atoms with Gasteiger partial charge in [0.2, 0.25) is 0 Å². The highest BCUT2D eigenvalue weighted by Gasteiger charge is 2.26. The number of aromatic amines is 1. The first-order chi connectivity index (χ1) is 17.9. The number of likely N-dealkylation sites (tertiary alicyclic amines) is 2. The molecule has 5 rings (SSSR count). The molecule has 3 aromatic rings. The molecule has 2 aromatic heterocycles. The summed E-state index contributed by atoms with van der Waals surface area (Å²) in [6.45, 7) is 6.50. The van der Waals surface area contributed by atoms with Crippen LogP contribution in [0, 0.1) is 18.8 Å². The second kappa shape index (κ2) is 12.0. The van der Waals surface area contributed by atoms with Gasteiger partial charge in [-0.05, 0) is 69.3 Å². The van der Waals surface area contributed by atoms with E-state index in [1.54, 1.807) is 6.20 Å². The molecule has 0 radical (unpaired) electrons. The van der Waals surface area contributed by atoms with Crippen molar-refractivity contribution in [3.8, 4) is 0 Å². The van der Waals surface area contributed by atoms with E-state index in [9.17, 15) is 19.5 Å². The third kappa shape index (κ3) is 5.92. The molecule has 200 valence electrons. The largest absolute Gasteiger partial charge is 0.396 e. The van der Waals surface area contributed by atoms with E-state index in [2.05, 4.69) is 26.8 Å². The van der Waals surface area contributed by atoms with Crippen molar-refractivity contribution in [2.75, 3.05) is 53.6 Å². The Kier molecular flexibility index (Phi) is 8.73. The van der Waals surface area contributed by atoms with Gasteiger partial charge in [0.05, 0.1) is 22.6 Å².